The van der Waals surface area contributed by atoms with Gasteiger partial charge in [-0.25, -0.2) is 0 Å². The van der Waals surface area contributed by atoms with Crippen LogP contribution in [-0.2, 0) is 24.3 Å². The Bertz CT molecular complexity index is 1070. The lowest BCUT2D eigenvalue weighted by atomic mass is 10.1. The minimum Gasteiger partial charge on any atom is -0.454 e. The summed E-state index contributed by atoms with van der Waals surface area (Å²) in [5.74, 6) is 2.77. The van der Waals surface area contributed by atoms with E-state index in [9.17, 15) is 4.79 Å². The Balaban J connectivity index is 1.39. The normalized spacial score (nSPS) is 13.3. The first-order chi connectivity index (χ1) is 14.8. The highest BCUT2D eigenvalue weighted by atomic mass is 16.7. The zero-order chi connectivity index (χ0) is 20.3. The van der Waals surface area contributed by atoms with Crippen molar-refractivity contribution in [2.24, 2.45) is 0 Å². The van der Waals surface area contributed by atoms with Crippen LogP contribution in [0.3, 0.4) is 0 Å². The minimum absolute atomic E-state index is 0.00534. The summed E-state index contributed by atoms with van der Waals surface area (Å²) in [6.45, 7) is 1.26. The van der Waals surface area contributed by atoms with E-state index in [1.165, 1.54) is 0 Å². The van der Waals surface area contributed by atoms with E-state index in [4.69, 9.17) is 18.9 Å². The molecule has 0 unspecified atom stereocenters. The second-order valence-electron chi connectivity index (χ2n) is 7.13. The number of hydrogen-bond donors (Lipinski definition) is 0. The molecular formula is C23H20N2O5. The second-order valence-corrected chi connectivity index (χ2v) is 7.13. The quantitative estimate of drug-likeness (QED) is 0.628. The summed E-state index contributed by atoms with van der Waals surface area (Å²) < 4.78 is 21.9. The number of amides is 1. The number of para-hydroxylation sites is 1. The van der Waals surface area contributed by atoms with Gasteiger partial charge in [0.05, 0.1) is 6.42 Å². The number of pyridine rings is 1. The molecule has 2 aromatic carbocycles. The maximum atomic E-state index is 13.3. The predicted molar refractivity (Wildman–Crippen MR) is 107 cm³/mol. The summed E-state index contributed by atoms with van der Waals surface area (Å²) in [7, 11) is 0. The van der Waals surface area contributed by atoms with Crippen LogP contribution in [0.2, 0.25) is 0 Å². The van der Waals surface area contributed by atoms with Crippen LogP contribution in [0.15, 0.2) is 60.9 Å². The number of carbonyl (C=O) groups is 1. The molecule has 152 valence electrons. The van der Waals surface area contributed by atoms with Gasteiger partial charge in [-0.1, -0.05) is 24.3 Å². The first kappa shape index (κ1) is 18.3. The van der Waals surface area contributed by atoms with Gasteiger partial charge in [0.1, 0.15) is 0 Å². The van der Waals surface area contributed by atoms with Gasteiger partial charge in [0.25, 0.3) is 0 Å². The van der Waals surface area contributed by atoms with E-state index in [2.05, 4.69) is 4.98 Å². The van der Waals surface area contributed by atoms with Crippen molar-refractivity contribution in [3.8, 4) is 23.0 Å². The second kappa shape index (κ2) is 7.94. The number of fused-ring (bicyclic) bond motifs is 2. The first-order valence-corrected chi connectivity index (χ1v) is 9.69. The Morgan fingerprint density at radius 1 is 0.867 bits per heavy atom. The maximum Gasteiger partial charge on any atom is 0.231 e. The Labute approximate surface area is 173 Å². The molecule has 2 aliphatic rings. The fourth-order valence-corrected chi connectivity index (χ4v) is 3.60. The SMILES string of the molecule is O=C(Cc1ccc2c(c1)OCO2)N(Cc1cccnc1)Cc1cccc2c1OCO2. The van der Waals surface area contributed by atoms with E-state index in [-0.39, 0.29) is 25.9 Å². The maximum absolute atomic E-state index is 13.3. The summed E-state index contributed by atoms with van der Waals surface area (Å²) in [4.78, 5) is 19.3. The van der Waals surface area contributed by atoms with E-state index in [0.717, 1.165) is 16.7 Å². The molecule has 0 radical (unpaired) electrons. The molecular weight excluding hydrogens is 384 g/mol. The molecule has 0 saturated heterocycles. The van der Waals surface area contributed by atoms with E-state index in [1.54, 1.807) is 17.3 Å². The van der Waals surface area contributed by atoms with Crippen molar-refractivity contribution in [2.75, 3.05) is 13.6 Å². The topological polar surface area (TPSA) is 70.1 Å². The van der Waals surface area contributed by atoms with Gasteiger partial charge in [-0.2, -0.15) is 0 Å². The summed E-state index contributed by atoms with van der Waals surface area (Å²) >= 11 is 0. The largest absolute Gasteiger partial charge is 0.454 e. The van der Waals surface area contributed by atoms with Crippen LogP contribution in [0.1, 0.15) is 16.7 Å². The van der Waals surface area contributed by atoms with Crippen molar-refractivity contribution < 1.29 is 23.7 Å². The van der Waals surface area contributed by atoms with E-state index in [0.29, 0.717) is 36.1 Å². The van der Waals surface area contributed by atoms with Crippen LogP contribution >= 0.6 is 0 Å². The Kier molecular flexibility index (Phi) is 4.85. The average Bonchev–Trinajstić information content (AvgIpc) is 3.43. The summed E-state index contributed by atoms with van der Waals surface area (Å²) in [5, 5.41) is 0. The summed E-state index contributed by atoms with van der Waals surface area (Å²) in [5.41, 5.74) is 2.74. The molecule has 2 aliphatic heterocycles. The van der Waals surface area contributed by atoms with E-state index in [1.807, 2.05) is 48.5 Å². The van der Waals surface area contributed by atoms with E-state index < -0.39 is 0 Å². The Morgan fingerprint density at radius 3 is 2.63 bits per heavy atom. The van der Waals surface area contributed by atoms with Gasteiger partial charge in [0.2, 0.25) is 19.5 Å². The number of rotatable bonds is 6. The number of ether oxygens (including phenoxy) is 4. The number of carbonyl (C=O) groups excluding carboxylic acids is 1. The van der Waals surface area contributed by atoms with Crippen molar-refractivity contribution in [3.05, 3.63) is 77.6 Å². The van der Waals surface area contributed by atoms with Gasteiger partial charge in [-0.05, 0) is 35.4 Å². The van der Waals surface area contributed by atoms with Gasteiger partial charge >= 0.3 is 0 Å². The molecule has 1 amide bonds. The van der Waals surface area contributed by atoms with Crippen molar-refractivity contribution in [2.45, 2.75) is 19.5 Å². The fraction of sp³-hybridized carbons (Fsp3) is 0.217. The molecule has 1 aromatic heterocycles. The lowest BCUT2D eigenvalue weighted by Crippen LogP contribution is -2.31. The van der Waals surface area contributed by atoms with Crippen LogP contribution in [0.5, 0.6) is 23.0 Å². The van der Waals surface area contributed by atoms with Crippen LogP contribution in [0.4, 0.5) is 0 Å². The molecule has 0 saturated carbocycles. The van der Waals surface area contributed by atoms with Crippen LogP contribution in [0.25, 0.3) is 0 Å². The van der Waals surface area contributed by atoms with Crippen LogP contribution in [-0.4, -0.2) is 29.4 Å². The van der Waals surface area contributed by atoms with Crippen LogP contribution in [0, 0.1) is 0 Å². The molecule has 0 spiro atoms. The summed E-state index contributed by atoms with van der Waals surface area (Å²) in [6.07, 6.45) is 3.75. The highest BCUT2D eigenvalue weighted by molar-refractivity contribution is 5.79. The van der Waals surface area contributed by atoms with E-state index >= 15 is 0 Å². The molecule has 30 heavy (non-hydrogen) atoms. The van der Waals surface area contributed by atoms with Crippen molar-refractivity contribution in [1.29, 1.82) is 0 Å². The zero-order valence-corrected chi connectivity index (χ0v) is 16.2. The van der Waals surface area contributed by atoms with Gasteiger partial charge < -0.3 is 23.8 Å². The molecule has 0 N–H and O–H groups in total. The third-order valence-corrected chi connectivity index (χ3v) is 5.08. The first-order valence-electron chi connectivity index (χ1n) is 9.69. The Morgan fingerprint density at radius 2 is 1.73 bits per heavy atom. The molecule has 7 heteroatoms. The number of hydrogen-bond acceptors (Lipinski definition) is 6. The summed E-state index contributed by atoms with van der Waals surface area (Å²) in [6, 6.07) is 15.2. The predicted octanol–water partition coefficient (Wildman–Crippen LogP) is 3.31. The molecule has 7 nitrogen and oxygen atoms in total. The number of nitrogens with zero attached hydrogens (tertiary/aromatic N) is 2. The highest BCUT2D eigenvalue weighted by Crippen LogP contribution is 2.36. The van der Waals surface area contributed by atoms with Crippen LogP contribution < -0.4 is 18.9 Å². The van der Waals surface area contributed by atoms with Crippen molar-refractivity contribution >= 4 is 5.91 Å². The molecule has 0 aliphatic carbocycles. The van der Waals surface area contributed by atoms with Gasteiger partial charge in [-0.15, -0.1) is 0 Å². The molecule has 0 bridgehead atoms. The third kappa shape index (κ3) is 3.74. The molecule has 5 rings (SSSR count). The Hall–Kier alpha value is -3.74. The smallest absolute Gasteiger partial charge is 0.231 e. The third-order valence-electron chi connectivity index (χ3n) is 5.08. The average molecular weight is 404 g/mol. The zero-order valence-electron chi connectivity index (χ0n) is 16.2. The van der Waals surface area contributed by atoms with Gasteiger partial charge in [0.15, 0.2) is 23.0 Å². The monoisotopic (exact) mass is 404 g/mol. The van der Waals surface area contributed by atoms with Gasteiger partial charge in [-0.3, -0.25) is 9.78 Å². The standard InChI is InChI=1S/C23H20N2O5/c26-22(10-16-6-7-19-21(9-16)29-14-27-19)25(12-17-3-2-8-24-11-17)13-18-4-1-5-20-23(18)30-15-28-20/h1-9,11H,10,12-15H2. The highest BCUT2D eigenvalue weighted by Gasteiger charge is 2.23. The lowest BCUT2D eigenvalue weighted by Gasteiger charge is -2.24. The minimum atomic E-state index is -0.00534. The lowest BCUT2D eigenvalue weighted by molar-refractivity contribution is -0.131. The molecule has 3 aromatic rings. The van der Waals surface area contributed by atoms with Crippen molar-refractivity contribution in [3.63, 3.8) is 0 Å². The molecule has 3 heterocycles. The number of aromatic nitrogens is 1. The van der Waals surface area contributed by atoms with Crippen molar-refractivity contribution in [1.82, 2.24) is 9.88 Å². The molecule has 0 atom stereocenters. The number of benzene rings is 2. The molecule has 0 fully saturated rings. The fourth-order valence-electron chi connectivity index (χ4n) is 3.60. The van der Waals surface area contributed by atoms with Gasteiger partial charge in [0, 0.05) is 31.0 Å².